The molecule has 7 heteroatoms. The molecular weight excluding hydrogens is 358 g/mol. The second-order valence-corrected chi connectivity index (χ2v) is 6.83. The molecule has 0 saturated carbocycles. The Morgan fingerprint density at radius 3 is 2.75 bits per heavy atom. The molecule has 0 radical (unpaired) electrons. The zero-order valence-electron chi connectivity index (χ0n) is 15.7. The van der Waals surface area contributed by atoms with Crippen LogP contribution in [0, 0.1) is 0 Å². The monoisotopic (exact) mass is 381 g/mol. The molecule has 0 N–H and O–H groups in total. The molecule has 28 heavy (non-hydrogen) atoms. The van der Waals surface area contributed by atoms with Gasteiger partial charge in [0.2, 0.25) is 0 Å². The van der Waals surface area contributed by atoms with E-state index < -0.39 is 5.97 Å². The number of morpholine rings is 1. The summed E-state index contributed by atoms with van der Waals surface area (Å²) in [7, 11) is 0. The van der Waals surface area contributed by atoms with Crippen LogP contribution in [0.2, 0.25) is 0 Å². The first-order valence-electron chi connectivity index (χ1n) is 9.57. The molecule has 0 atom stereocenters. The highest BCUT2D eigenvalue weighted by Gasteiger charge is 2.25. The van der Waals surface area contributed by atoms with Crippen molar-refractivity contribution in [1.82, 2.24) is 4.98 Å². The minimum atomic E-state index is -0.534. The highest BCUT2D eigenvalue weighted by atomic mass is 16.5. The number of carbonyl (C=O) groups is 2. The lowest BCUT2D eigenvalue weighted by Gasteiger charge is -2.30. The van der Waals surface area contributed by atoms with E-state index in [9.17, 15) is 9.59 Å². The van der Waals surface area contributed by atoms with E-state index in [-0.39, 0.29) is 12.5 Å². The van der Waals surface area contributed by atoms with E-state index in [1.54, 1.807) is 23.2 Å². The molecule has 146 valence electrons. The maximum atomic E-state index is 12.7. The summed E-state index contributed by atoms with van der Waals surface area (Å²) in [5.74, 6) is -0.169. The van der Waals surface area contributed by atoms with Gasteiger partial charge in [-0.15, -0.1) is 0 Å². The molecule has 0 spiro atoms. The maximum absolute atomic E-state index is 12.7. The van der Waals surface area contributed by atoms with Crippen LogP contribution in [0.4, 0.5) is 11.5 Å². The Hall–Kier alpha value is -2.93. The lowest BCUT2D eigenvalue weighted by atomic mass is 10.0. The van der Waals surface area contributed by atoms with Crippen LogP contribution in [0.15, 0.2) is 42.6 Å². The van der Waals surface area contributed by atoms with Gasteiger partial charge in [-0.2, -0.15) is 0 Å². The SMILES string of the molecule is O=C(OCC(=O)N1CCCc2ccccc21)c1cccnc1N1CCOCC1. The van der Waals surface area contributed by atoms with Gasteiger partial charge in [-0.05, 0) is 36.6 Å². The van der Waals surface area contributed by atoms with Gasteiger partial charge in [0.1, 0.15) is 11.4 Å². The van der Waals surface area contributed by atoms with Crippen molar-refractivity contribution < 1.29 is 19.1 Å². The summed E-state index contributed by atoms with van der Waals surface area (Å²) in [4.78, 5) is 33.4. The topological polar surface area (TPSA) is 72.0 Å². The van der Waals surface area contributed by atoms with Crippen LogP contribution in [-0.4, -0.2) is 56.3 Å². The largest absolute Gasteiger partial charge is 0.452 e. The summed E-state index contributed by atoms with van der Waals surface area (Å²) >= 11 is 0. The summed E-state index contributed by atoms with van der Waals surface area (Å²) in [6.45, 7) is 2.88. The van der Waals surface area contributed by atoms with E-state index in [1.807, 2.05) is 29.2 Å². The zero-order valence-corrected chi connectivity index (χ0v) is 15.7. The maximum Gasteiger partial charge on any atom is 0.342 e. The Kier molecular flexibility index (Phi) is 5.53. The molecule has 1 aromatic heterocycles. The number of hydrogen-bond donors (Lipinski definition) is 0. The van der Waals surface area contributed by atoms with E-state index >= 15 is 0 Å². The third kappa shape index (κ3) is 3.84. The average Bonchev–Trinajstić information content (AvgIpc) is 2.77. The normalized spacial score (nSPS) is 16.4. The quantitative estimate of drug-likeness (QED) is 0.755. The first-order chi connectivity index (χ1) is 13.7. The predicted molar refractivity (Wildman–Crippen MR) is 105 cm³/mol. The molecule has 7 nitrogen and oxygen atoms in total. The number of carbonyl (C=O) groups excluding carboxylic acids is 2. The van der Waals surface area contributed by atoms with Gasteiger partial charge in [0.15, 0.2) is 6.61 Å². The molecule has 1 saturated heterocycles. The molecule has 2 aliphatic heterocycles. The Labute approximate surface area is 163 Å². The fraction of sp³-hybridized carbons (Fsp3) is 0.381. The third-order valence-corrected chi connectivity index (χ3v) is 5.06. The van der Waals surface area contributed by atoms with Crippen molar-refractivity contribution in [1.29, 1.82) is 0 Å². The minimum Gasteiger partial charge on any atom is -0.452 e. The fourth-order valence-corrected chi connectivity index (χ4v) is 3.66. The summed E-state index contributed by atoms with van der Waals surface area (Å²) in [5, 5.41) is 0. The van der Waals surface area contributed by atoms with Gasteiger partial charge < -0.3 is 19.3 Å². The average molecular weight is 381 g/mol. The Morgan fingerprint density at radius 2 is 1.89 bits per heavy atom. The summed E-state index contributed by atoms with van der Waals surface area (Å²) in [5.41, 5.74) is 2.43. The first-order valence-corrected chi connectivity index (χ1v) is 9.57. The Bertz CT molecular complexity index is 864. The molecule has 3 heterocycles. The van der Waals surface area contributed by atoms with Gasteiger partial charge >= 0.3 is 5.97 Å². The Balaban J connectivity index is 1.43. The molecule has 4 rings (SSSR count). The molecular formula is C21H23N3O4. The minimum absolute atomic E-state index is 0.211. The van der Waals surface area contributed by atoms with E-state index in [4.69, 9.17) is 9.47 Å². The Morgan fingerprint density at radius 1 is 1.07 bits per heavy atom. The van der Waals surface area contributed by atoms with E-state index in [0.717, 1.165) is 24.1 Å². The number of para-hydroxylation sites is 1. The van der Waals surface area contributed by atoms with Crippen molar-refractivity contribution in [2.75, 3.05) is 49.3 Å². The van der Waals surface area contributed by atoms with Gasteiger partial charge in [-0.25, -0.2) is 9.78 Å². The smallest absolute Gasteiger partial charge is 0.342 e. The van der Waals surface area contributed by atoms with E-state index in [0.29, 0.717) is 44.2 Å². The predicted octanol–water partition coefficient (Wildman–Crippen LogP) is 2.05. The number of nitrogens with zero attached hydrogens (tertiary/aromatic N) is 3. The van der Waals surface area contributed by atoms with Gasteiger partial charge in [-0.3, -0.25) is 4.79 Å². The standard InChI is InChI=1S/C21H23N3O4/c25-19(24-10-4-6-16-5-1-2-8-18(16)24)15-28-21(26)17-7-3-9-22-20(17)23-11-13-27-14-12-23/h1-3,5,7-9H,4,6,10-15H2. The molecule has 0 unspecified atom stereocenters. The van der Waals surface area contributed by atoms with Crippen molar-refractivity contribution in [3.05, 3.63) is 53.7 Å². The number of aromatic nitrogens is 1. The van der Waals surface area contributed by atoms with Gasteiger partial charge in [0.25, 0.3) is 5.91 Å². The number of pyridine rings is 1. The first kappa shape index (κ1) is 18.4. The second kappa shape index (κ2) is 8.39. The van der Waals surface area contributed by atoms with Crippen molar-refractivity contribution in [3.8, 4) is 0 Å². The lowest BCUT2D eigenvalue weighted by molar-refractivity contribution is -0.121. The molecule has 2 aromatic rings. The van der Waals surface area contributed by atoms with Crippen LogP contribution in [0.3, 0.4) is 0 Å². The number of esters is 1. The molecule has 0 bridgehead atoms. The van der Waals surface area contributed by atoms with Crippen LogP contribution in [0.1, 0.15) is 22.3 Å². The van der Waals surface area contributed by atoms with Crippen LogP contribution >= 0.6 is 0 Å². The van der Waals surface area contributed by atoms with Crippen LogP contribution < -0.4 is 9.80 Å². The van der Waals surface area contributed by atoms with Crippen molar-refractivity contribution in [2.45, 2.75) is 12.8 Å². The molecule has 2 aliphatic rings. The number of aryl methyl sites for hydroxylation is 1. The molecule has 0 aliphatic carbocycles. The lowest BCUT2D eigenvalue weighted by Crippen LogP contribution is -2.39. The van der Waals surface area contributed by atoms with E-state index in [1.165, 1.54) is 0 Å². The highest BCUT2D eigenvalue weighted by molar-refractivity contribution is 5.99. The van der Waals surface area contributed by atoms with Crippen molar-refractivity contribution in [3.63, 3.8) is 0 Å². The van der Waals surface area contributed by atoms with Crippen molar-refractivity contribution >= 4 is 23.4 Å². The summed E-state index contributed by atoms with van der Waals surface area (Å²) < 4.78 is 10.7. The number of anilines is 2. The van der Waals surface area contributed by atoms with Crippen LogP contribution in [-0.2, 0) is 20.7 Å². The summed E-state index contributed by atoms with van der Waals surface area (Å²) in [6.07, 6.45) is 3.51. The van der Waals surface area contributed by atoms with E-state index in [2.05, 4.69) is 4.98 Å². The highest BCUT2D eigenvalue weighted by Crippen LogP contribution is 2.27. The van der Waals surface area contributed by atoms with Gasteiger partial charge in [0.05, 0.1) is 13.2 Å². The summed E-state index contributed by atoms with van der Waals surface area (Å²) in [6, 6.07) is 11.2. The number of rotatable bonds is 4. The number of fused-ring (bicyclic) bond motifs is 1. The fourth-order valence-electron chi connectivity index (χ4n) is 3.66. The number of amides is 1. The molecule has 1 fully saturated rings. The van der Waals surface area contributed by atoms with Gasteiger partial charge in [-0.1, -0.05) is 18.2 Å². The third-order valence-electron chi connectivity index (χ3n) is 5.06. The molecule has 1 aromatic carbocycles. The number of benzene rings is 1. The van der Waals surface area contributed by atoms with Crippen LogP contribution in [0.25, 0.3) is 0 Å². The molecule has 1 amide bonds. The van der Waals surface area contributed by atoms with Crippen molar-refractivity contribution in [2.24, 2.45) is 0 Å². The second-order valence-electron chi connectivity index (χ2n) is 6.83. The zero-order chi connectivity index (χ0) is 19.3. The number of hydrogen-bond acceptors (Lipinski definition) is 6. The van der Waals surface area contributed by atoms with Gasteiger partial charge in [0, 0.05) is 31.5 Å². The number of ether oxygens (including phenoxy) is 2. The van der Waals surface area contributed by atoms with Crippen LogP contribution in [0.5, 0.6) is 0 Å².